The summed E-state index contributed by atoms with van der Waals surface area (Å²) in [5.41, 5.74) is 0.789. The van der Waals surface area contributed by atoms with Gasteiger partial charge in [-0.2, -0.15) is 8.78 Å². The Balaban J connectivity index is 2.88. The number of alkyl halides is 2. The van der Waals surface area contributed by atoms with Crippen LogP contribution in [0.1, 0.15) is 31.7 Å². The van der Waals surface area contributed by atoms with E-state index in [2.05, 4.69) is 4.74 Å². The first-order valence-electron chi connectivity index (χ1n) is 4.78. The molecule has 1 aromatic rings. The van der Waals surface area contributed by atoms with E-state index < -0.39 is 18.2 Å². The van der Waals surface area contributed by atoms with Gasteiger partial charge in [0.05, 0.1) is 0 Å². The summed E-state index contributed by atoms with van der Waals surface area (Å²) < 4.78 is 40.9. The highest BCUT2D eigenvalue weighted by molar-refractivity contribution is 5.31. The molecular formula is C11H13F3O. The van der Waals surface area contributed by atoms with E-state index in [9.17, 15) is 13.2 Å². The molecule has 0 heterocycles. The second kappa shape index (κ2) is 5.05. The van der Waals surface area contributed by atoms with Gasteiger partial charge in [0.2, 0.25) is 0 Å². The Hall–Kier alpha value is -1.19. The molecule has 0 saturated heterocycles. The fraction of sp³-hybridized carbons (Fsp3) is 0.455. The number of ether oxygens (including phenoxy) is 1. The Kier molecular flexibility index (Phi) is 4.00. The van der Waals surface area contributed by atoms with E-state index in [1.54, 1.807) is 6.07 Å². The van der Waals surface area contributed by atoms with Crippen molar-refractivity contribution in [2.75, 3.05) is 0 Å². The molecule has 0 amide bonds. The maximum absolute atomic E-state index is 13.2. The van der Waals surface area contributed by atoms with Crippen molar-refractivity contribution < 1.29 is 17.9 Å². The molecule has 1 rings (SSSR count). The zero-order valence-corrected chi connectivity index (χ0v) is 8.64. The van der Waals surface area contributed by atoms with Gasteiger partial charge >= 0.3 is 6.61 Å². The summed E-state index contributed by atoms with van der Waals surface area (Å²) in [5.74, 6) is -0.940. The maximum atomic E-state index is 13.2. The predicted molar refractivity (Wildman–Crippen MR) is 51.7 cm³/mol. The largest absolute Gasteiger partial charge is 0.432 e. The third-order valence-electron chi connectivity index (χ3n) is 2.35. The lowest BCUT2D eigenvalue weighted by molar-refractivity contribution is -0.0522. The maximum Gasteiger partial charge on any atom is 0.387 e. The van der Waals surface area contributed by atoms with E-state index in [1.807, 2.05) is 13.8 Å². The number of benzene rings is 1. The summed E-state index contributed by atoms with van der Waals surface area (Å²) in [7, 11) is 0. The van der Waals surface area contributed by atoms with Crippen molar-refractivity contribution >= 4 is 0 Å². The molecule has 1 aromatic carbocycles. The molecule has 0 N–H and O–H groups in total. The van der Waals surface area contributed by atoms with Crippen molar-refractivity contribution in [1.82, 2.24) is 0 Å². The first kappa shape index (κ1) is 11.9. The van der Waals surface area contributed by atoms with Crippen LogP contribution in [0, 0.1) is 5.82 Å². The molecule has 0 radical (unpaired) electrons. The van der Waals surface area contributed by atoms with Crippen LogP contribution in [0.5, 0.6) is 5.75 Å². The van der Waals surface area contributed by atoms with Gasteiger partial charge in [-0.15, -0.1) is 0 Å². The van der Waals surface area contributed by atoms with Crippen LogP contribution in [-0.4, -0.2) is 6.61 Å². The van der Waals surface area contributed by atoms with Gasteiger partial charge in [0.15, 0.2) is 11.6 Å². The van der Waals surface area contributed by atoms with Crippen molar-refractivity contribution in [3.8, 4) is 5.75 Å². The van der Waals surface area contributed by atoms with E-state index >= 15 is 0 Å². The smallest absolute Gasteiger partial charge is 0.387 e. The van der Waals surface area contributed by atoms with Crippen molar-refractivity contribution in [1.29, 1.82) is 0 Å². The molecule has 0 aliphatic rings. The van der Waals surface area contributed by atoms with Crippen LogP contribution in [0.4, 0.5) is 13.2 Å². The van der Waals surface area contributed by atoms with Crippen LogP contribution in [0.15, 0.2) is 18.2 Å². The fourth-order valence-corrected chi connectivity index (χ4v) is 1.25. The lowest BCUT2D eigenvalue weighted by Gasteiger charge is -2.11. The molecule has 4 heteroatoms. The summed E-state index contributed by atoms with van der Waals surface area (Å²) in [6, 6.07) is 4.09. The molecule has 1 unspecified atom stereocenters. The summed E-state index contributed by atoms with van der Waals surface area (Å²) in [5, 5.41) is 0. The van der Waals surface area contributed by atoms with Crippen LogP contribution >= 0.6 is 0 Å². The van der Waals surface area contributed by atoms with Gasteiger partial charge in [0, 0.05) is 0 Å². The van der Waals surface area contributed by atoms with Crippen molar-refractivity contribution in [3.63, 3.8) is 0 Å². The van der Waals surface area contributed by atoms with Gasteiger partial charge in [-0.1, -0.05) is 19.9 Å². The lowest BCUT2D eigenvalue weighted by Crippen LogP contribution is -2.04. The third kappa shape index (κ3) is 3.15. The first-order valence-corrected chi connectivity index (χ1v) is 4.78. The van der Waals surface area contributed by atoms with Gasteiger partial charge in [-0.05, 0) is 30.0 Å². The molecule has 0 spiro atoms. The van der Waals surface area contributed by atoms with Gasteiger partial charge < -0.3 is 4.74 Å². The molecule has 1 atom stereocenters. The van der Waals surface area contributed by atoms with Gasteiger partial charge in [-0.25, -0.2) is 4.39 Å². The van der Waals surface area contributed by atoms with E-state index in [0.29, 0.717) is 0 Å². The van der Waals surface area contributed by atoms with Crippen molar-refractivity contribution in [2.45, 2.75) is 32.8 Å². The minimum Gasteiger partial charge on any atom is -0.432 e. The molecule has 0 aromatic heterocycles. The predicted octanol–water partition coefficient (Wildman–Crippen LogP) is 3.94. The summed E-state index contributed by atoms with van der Waals surface area (Å²) in [6.07, 6.45) is 0.870. The molecule has 1 nitrogen and oxygen atoms in total. The average Bonchev–Trinajstić information content (AvgIpc) is 2.19. The molecule has 0 aliphatic carbocycles. The van der Waals surface area contributed by atoms with Crippen LogP contribution in [0.25, 0.3) is 0 Å². The van der Waals surface area contributed by atoms with Gasteiger partial charge in [0.25, 0.3) is 0 Å². The summed E-state index contributed by atoms with van der Waals surface area (Å²) >= 11 is 0. The quantitative estimate of drug-likeness (QED) is 0.743. The Morgan fingerprint density at radius 3 is 2.47 bits per heavy atom. The minimum atomic E-state index is -2.99. The average molecular weight is 218 g/mol. The Morgan fingerprint density at radius 1 is 1.33 bits per heavy atom. The molecule has 84 valence electrons. The number of rotatable bonds is 4. The van der Waals surface area contributed by atoms with Crippen molar-refractivity contribution in [3.05, 3.63) is 29.6 Å². The first-order chi connectivity index (χ1) is 7.04. The second-order valence-corrected chi connectivity index (χ2v) is 3.38. The Labute approximate surface area is 86.9 Å². The summed E-state index contributed by atoms with van der Waals surface area (Å²) in [4.78, 5) is 0. The standard InChI is InChI=1S/C11H13F3O/c1-3-7(2)8-4-5-10(9(12)6-8)15-11(13)14/h4-7,11H,3H2,1-2H3. The minimum absolute atomic E-state index is 0.208. The number of hydrogen-bond donors (Lipinski definition) is 0. The number of hydrogen-bond acceptors (Lipinski definition) is 1. The van der Waals surface area contributed by atoms with Crippen LogP contribution in [0.2, 0.25) is 0 Å². The van der Waals surface area contributed by atoms with Crippen molar-refractivity contribution in [2.24, 2.45) is 0 Å². The summed E-state index contributed by atoms with van der Waals surface area (Å²) in [6.45, 7) is 0.933. The van der Waals surface area contributed by atoms with E-state index in [4.69, 9.17) is 0 Å². The van der Waals surface area contributed by atoms with E-state index in [0.717, 1.165) is 12.0 Å². The van der Waals surface area contributed by atoms with E-state index in [-0.39, 0.29) is 5.92 Å². The van der Waals surface area contributed by atoms with Gasteiger partial charge in [0.1, 0.15) is 0 Å². The highest BCUT2D eigenvalue weighted by Crippen LogP contribution is 2.25. The number of halogens is 3. The molecule has 15 heavy (non-hydrogen) atoms. The molecular weight excluding hydrogens is 205 g/mol. The SMILES string of the molecule is CCC(C)c1ccc(OC(F)F)c(F)c1. The van der Waals surface area contributed by atoms with Crippen LogP contribution in [-0.2, 0) is 0 Å². The third-order valence-corrected chi connectivity index (χ3v) is 2.35. The van der Waals surface area contributed by atoms with Crippen LogP contribution < -0.4 is 4.74 Å². The zero-order valence-electron chi connectivity index (χ0n) is 8.64. The topological polar surface area (TPSA) is 9.23 Å². The monoisotopic (exact) mass is 218 g/mol. The zero-order chi connectivity index (χ0) is 11.4. The second-order valence-electron chi connectivity index (χ2n) is 3.38. The fourth-order valence-electron chi connectivity index (χ4n) is 1.25. The normalized spacial score (nSPS) is 12.9. The highest BCUT2D eigenvalue weighted by Gasteiger charge is 2.12. The molecule has 0 aliphatic heterocycles. The Morgan fingerprint density at radius 2 is 2.00 bits per heavy atom. The van der Waals surface area contributed by atoms with Gasteiger partial charge in [-0.3, -0.25) is 0 Å². The van der Waals surface area contributed by atoms with E-state index in [1.165, 1.54) is 12.1 Å². The lowest BCUT2D eigenvalue weighted by atomic mass is 9.98. The Bertz CT molecular complexity index is 326. The highest BCUT2D eigenvalue weighted by atomic mass is 19.3. The molecule has 0 saturated carbocycles. The molecule has 0 fully saturated rings. The van der Waals surface area contributed by atoms with Crippen LogP contribution in [0.3, 0.4) is 0 Å². The molecule has 0 bridgehead atoms.